The molecule has 1 aliphatic heterocycles. The van der Waals surface area contributed by atoms with Crippen LogP contribution in [-0.2, 0) is 9.47 Å². The van der Waals surface area contributed by atoms with Gasteiger partial charge in [-0.05, 0) is 25.1 Å². The smallest absolute Gasteiger partial charge is 0.319 e. The lowest BCUT2D eigenvalue weighted by molar-refractivity contribution is -0.145. The second kappa shape index (κ2) is 6.23. The third kappa shape index (κ3) is 4.38. The van der Waals surface area contributed by atoms with Crippen molar-refractivity contribution < 1.29 is 14.3 Å². The van der Waals surface area contributed by atoms with E-state index in [2.05, 4.69) is 10.6 Å². The first-order valence-corrected chi connectivity index (χ1v) is 6.54. The van der Waals surface area contributed by atoms with E-state index in [1.165, 1.54) is 0 Å². The number of carbonyl (C=O) groups excluding carboxylic acids is 1. The van der Waals surface area contributed by atoms with Crippen LogP contribution in [0.3, 0.4) is 0 Å². The van der Waals surface area contributed by atoms with Crippen LogP contribution in [0.2, 0.25) is 5.02 Å². The summed E-state index contributed by atoms with van der Waals surface area (Å²) in [5.41, 5.74) is 0.657. The lowest BCUT2D eigenvalue weighted by Gasteiger charge is -2.22. The molecule has 0 unspecified atom stereocenters. The Morgan fingerprint density at radius 1 is 1.42 bits per heavy atom. The van der Waals surface area contributed by atoms with E-state index in [9.17, 15) is 4.79 Å². The highest BCUT2D eigenvalue weighted by Gasteiger charge is 2.30. The standard InChI is InChI=1S/C13H17ClN2O3/c1-13(18-7-8-19-13)5-6-15-12(17)16-11-4-2-3-10(14)9-11/h2-4,9H,5-8H2,1H3,(H2,15,16,17). The van der Waals surface area contributed by atoms with Crippen LogP contribution in [0.25, 0.3) is 0 Å². The van der Waals surface area contributed by atoms with Crippen molar-refractivity contribution in [3.63, 3.8) is 0 Å². The van der Waals surface area contributed by atoms with Crippen molar-refractivity contribution in [1.82, 2.24) is 5.32 Å². The van der Waals surface area contributed by atoms with Gasteiger partial charge in [0, 0.05) is 23.7 Å². The number of rotatable bonds is 4. The Morgan fingerprint density at radius 3 is 2.84 bits per heavy atom. The molecule has 0 saturated carbocycles. The van der Waals surface area contributed by atoms with Crippen LogP contribution in [0.1, 0.15) is 13.3 Å². The van der Waals surface area contributed by atoms with Crippen molar-refractivity contribution >= 4 is 23.3 Å². The van der Waals surface area contributed by atoms with E-state index in [-0.39, 0.29) is 6.03 Å². The number of hydrogen-bond acceptors (Lipinski definition) is 3. The minimum atomic E-state index is -0.580. The van der Waals surface area contributed by atoms with Gasteiger partial charge in [-0.3, -0.25) is 0 Å². The molecule has 2 N–H and O–H groups in total. The van der Waals surface area contributed by atoms with Gasteiger partial charge in [-0.15, -0.1) is 0 Å². The molecule has 0 bridgehead atoms. The van der Waals surface area contributed by atoms with Crippen LogP contribution < -0.4 is 10.6 Å². The van der Waals surface area contributed by atoms with Gasteiger partial charge in [0.15, 0.2) is 5.79 Å². The Bertz CT molecular complexity index is 447. The van der Waals surface area contributed by atoms with Crippen molar-refractivity contribution in [3.05, 3.63) is 29.3 Å². The van der Waals surface area contributed by atoms with Gasteiger partial charge in [0.2, 0.25) is 0 Å². The van der Waals surface area contributed by atoms with Gasteiger partial charge in [0.25, 0.3) is 0 Å². The van der Waals surface area contributed by atoms with Crippen LogP contribution >= 0.6 is 11.6 Å². The second-order valence-corrected chi connectivity index (χ2v) is 4.91. The molecule has 1 aromatic rings. The average molecular weight is 285 g/mol. The van der Waals surface area contributed by atoms with Crippen LogP contribution in [-0.4, -0.2) is 31.6 Å². The molecule has 1 aromatic carbocycles. The number of urea groups is 1. The van der Waals surface area contributed by atoms with Crippen molar-refractivity contribution in [2.24, 2.45) is 0 Å². The first-order chi connectivity index (χ1) is 9.07. The molecule has 0 spiro atoms. The summed E-state index contributed by atoms with van der Waals surface area (Å²) in [7, 11) is 0. The van der Waals surface area contributed by atoms with E-state index >= 15 is 0 Å². The quantitative estimate of drug-likeness (QED) is 0.893. The molecule has 0 atom stereocenters. The lowest BCUT2D eigenvalue weighted by atomic mass is 10.2. The van der Waals surface area contributed by atoms with Gasteiger partial charge >= 0.3 is 6.03 Å². The molecule has 1 heterocycles. The summed E-state index contributed by atoms with van der Waals surface area (Å²) in [6.45, 7) is 3.55. The molecule has 1 fully saturated rings. The van der Waals surface area contributed by atoms with Gasteiger partial charge in [0.1, 0.15) is 0 Å². The van der Waals surface area contributed by atoms with Gasteiger partial charge in [-0.25, -0.2) is 4.79 Å². The zero-order valence-electron chi connectivity index (χ0n) is 10.7. The third-order valence-electron chi connectivity index (χ3n) is 2.85. The number of benzene rings is 1. The Kier molecular flexibility index (Phi) is 4.63. The first kappa shape index (κ1) is 14.1. The fourth-order valence-corrected chi connectivity index (χ4v) is 2.04. The maximum absolute atomic E-state index is 11.7. The monoisotopic (exact) mass is 284 g/mol. The molecule has 6 heteroatoms. The van der Waals surface area contributed by atoms with Crippen molar-refractivity contribution in [2.75, 3.05) is 25.1 Å². The minimum Gasteiger partial charge on any atom is -0.348 e. The summed E-state index contributed by atoms with van der Waals surface area (Å²) in [5, 5.41) is 6.04. The number of amides is 2. The Hall–Kier alpha value is -1.30. The first-order valence-electron chi connectivity index (χ1n) is 6.16. The average Bonchev–Trinajstić information content (AvgIpc) is 2.76. The highest BCUT2D eigenvalue weighted by Crippen LogP contribution is 2.21. The van der Waals surface area contributed by atoms with Crippen LogP contribution in [0.15, 0.2) is 24.3 Å². The number of hydrogen-bond donors (Lipinski definition) is 2. The summed E-state index contributed by atoms with van der Waals surface area (Å²) in [6.07, 6.45) is 0.607. The molecule has 2 amide bonds. The van der Waals surface area contributed by atoms with Crippen molar-refractivity contribution in [1.29, 1.82) is 0 Å². The Balaban J connectivity index is 1.73. The van der Waals surface area contributed by atoms with Crippen LogP contribution in [0.4, 0.5) is 10.5 Å². The minimum absolute atomic E-state index is 0.274. The maximum atomic E-state index is 11.7. The molecule has 19 heavy (non-hydrogen) atoms. The van der Waals surface area contributed by atoms with E-state index in [0.29, 0.717) is 36.9 Å². The van der Waals surface area contributed by atoms with Crippen LogP contribution in [0.5, 0.6) is 0 Å². The number of carbonyl (C=O) groups is 1. The van der Waals surface area contributed by atoms with Gasteiger partial charge in [0.05, 0.1) is 13.2 Å². The van der Waals surface area contributed by atoms with Crippen molar-refractivity contribution in [2.45, 2.75) is 19.1 Å². The topological polar surface area (TPSA) is 59.6 Å². The van der Waals surface area contributed by atoms with Crippen LogP contribution in [0, 0.1) is 0 Å². The molecule has 2 rings (SSSR count). The van der Waals surface area contributed by atoms with Crippen molar-refractivity contribution in [3.8, 4) is 0 Å². The molecule has 1 saturated heterocycles. The van der Waals surface area contributed by atoms with E-state index in [0.717, 1.165) is 0 Å². The van der Waals surface area contributed by atoms with E-state index < -0.39 is 5.79 Å². The third-order valence-corrected chi connectivity index (χ3v) is 3.08. The highest BCUT2D eigenvalue weighted by molar-refractivity contribution is 6.30. The molecular formula is C13H17ClN2O3. The summed E-state index contributed by atoms with van der Waals surface area (Å²) in [4.78, 5) is 11.7. The molecule has 104 valence electrons. The Labute approximate surface area is 117 Å². The molecule has 0 radical (unpaired) electrons. The fourth-order valence-electron chi connectivity index (χ4n) is 1.85. The molecule has 1 aliphatic rings. The summed E-state index contributed by atoms with van der Waals surface area (Å²) < 4.78 is 10.9. The van der Waals surface area contributed by atoms with Gasteiger partial charge in [-0.2, -0.15) is 0 Å². The molecular weight excluding hydrogens is 268 g/mol. The number of halogens is 1. The summed E-state index contributed by atoms with van der Waals surface area (Å²) >= 11 is 5.83. The molecule has 0 aromatic heterocycles. The number of anilines is 1. The predicted molar refractivity (Wildman–Crippen MR) is 73.4 cm³/mol. The van der Waals surface area contributed by atoms with E-state index in [1.54, 1.807) is 24.3 Å². The maximum Gasteiger partial charge on any atom is 0.319 e. The highest BCUT2D eigenvalue weighted by atomic mass is 35.5. The fraction of sp³-hybridized carbons (Fsp3) is 0.462. The summed E-state index contributed by atoms with van der Waals surface area (Å²) in [6, 6.07) is 6.71. The number of nitrogens with one attached hydrogen (secondary N) is 2. The predicted octanol–water partition coefficient (Wildman–Crippen LogP) is 2.61. The largest absolute Gasteiger partial charge is 0.348 e. The van der Waals surface area contributed by atoms with E-state index in [4.69, 9.17) is 21.1 Å². The van der Waals surface area contributed by atoms with Gasteiger partial charge < -0.3 is 20.1 Å². The summed E-state index contributed by atoms with van der Waals surface area (Å²) in [5.74, 6) is -0.580. The zero-order chi connectivity index (χ0) is 13.7. The molecule has 0 aliphatic carbocycles. The normalized spacial score (nSPS) is 17.2. The zero-order valence-corrected chi connectivity index (χ0v) is 11.5. The second-order valence-electron chi connectivity index (χ2n) is 4.47. The SMILES string of the molecule is CC1(CCNC(=O)Nc2cccc(Cl)c2)OCCO1. The number of ether oxygens (including phenoxy) is 2. The lowest BCUT2D eigenvalue weighted by Crippen LogP contribution is -2.35. The molecule has 5 nitrogen and oxygen atoms in total. The Morgan fingerprint density at radius 2 is 2.16 bits per heavy atom. The van der Waals surface area contributed by atoms with E-state index in [1.807, 2.05) is 6.92 Å². The van der Waals surface area contributed by atoms with Gasteiger partial charge in [-0.1, -0.05) is 17.7 Å².